The van der Waals surface area contributed by atoms with Crippen LogP contribution in [0.5, 0.6) is 0 Å². The maximum Gasteiger partial charge on any atom is 0.472 e. The molecule has 0 spiro atoms. The van der Waals surface area contributed by atoms with Gasteiger partial charge in [-0.1, -0.05) is 295 Å². The van der Waals surface area contributed by atoms with Gasteiger partial charge in [0.1, 0.15) is 19.3 Å². The van der Waals surface area contributed by atoms with Crippen LogP contribution in [-0.4, -0.2) is 96.7 Å². The van der Waals surface area contributed by atoms with E-state index in [-0.39, 0.29) is 25.7 Å². The Hall–Kier alpha value is -2.72. The lowest BCUT2D eigenvalue weighted by atomic mass is 10.0. The van der Waals surface area contributed by atoms with E-state index in [1.54, 1.807) is 0 Å². The first-order valence-corrected chi connectivity index (χ1v) is 43.2. The molecule has 0 aliphatic rings. The Morgan fingerprint density at radius 1 is 0.276 bits per heavy atom. The molecular weight excluding hydrogens is 1280 g/mol. The number of aliphatic hydroxyl groups excluding tert-OH is 1. The fourth-order valence-corrected chi connectivity index (χ4v) is 13.0. The summed E-state index contributed by atoms with van der Waals surface area (Å²) in [5.41, 5.74) is 0. The average molecular weight is 1430 g/mol. The Labute approximate surface area is 598 Å². The molecule has 98 heavy (non-hydrogen) atoms. The van der Waals surface area contributed by atoms with Gasteiger partial charge in [-0.2, -0.15) is 0 Å². The van der Waals surface area contributed by atoms with Crippen molar-refractivity contribution in [2.45, 2.75) is 406 Å². The van der Waals surface area contributed by atoms with Gasteiger partial charge in [0.2, 0.25) is 0 Å². The van der Waals surface area contributed by atoms with Crippen molar-refractivity contribution in [2.75, 3.05) is 39.6 Å². The molecule has 0 amide bonds. The summed E-state index contributed by atoms with van der Waals surface area (Å²) >= 11 is 0. The van der Waals surface area contributed by atoms with Gasteiger partial charge >= 0.3 is 39.5 Å². The highest BCUT2D eigenvalue weighted by Crippen LogP contribution is 2.45. The average Bonchev–Trinajstić information content (AvgIpc) is 1.07. The number of rotatable bonds is 77. The first-order valence-electron chi connectivity index (χ1n) is 40.2. The van der Waals surface area contributed by atoms with Gasteiger partial charge in [0.15, 0.2) is 12.2 Å². The summed E-state index contributed by atoms with van der Waals surface area (Å²) < 4.78 is 68.6. The van der Waals surface area contributed by atoms with Gasteiger partial charge in [-0.25, -0.2) is 9.13 Å². The van der Waals surface area contributed by atoms with Crippen LogP contribution in [-0.2, 0) is 65.4 Å². The van der Waals surface area contributed by atoms with Crippen LogP contribution in [0.15, 0.2) is 36.5 Å². The summed E-state index contributed by atoms with van der Waals surface area (Å²) in [6.07, 6.45) is 68.3. The van der Waals surface area contributed by atoms with E-state index in [2.05, 4.69) is 64.2 Å². The van der Waals surface area contributed by atoms with Crippen LogP contribution in [0.4, 0.5) is 0 Å². The highest BCUT2D eigenvalue weighted by molar-refractivity contribution is 7.47. The van der Waals surface area contributed by atoms with Gasteiger partial charge in [-0.15, -0.1) is 0 Å². The van der Waals surface area contributed by atoms with Crippen molar-refractivity contribution >= 4 is 39.5 Å². The van der Waals surface area contributed by atoms with Crippen LogP contribution in [0.25, 0.3) is 0 Å². The van der Waals surface area contributed by atoms with E-state index in [1.807, 2.05) is 0 Å². The normalized spacial score (nSPS) is 14.1. The molecule has 5 atom stereocenters. The molecule has 0 heterocycles. The molecule has 17 nitrogen and oxygen atoms in total. The molecule has 0 aromatic heterocycles. The monoisotopic (exact) mass is 1430 g/mol. The maximum atomic E-state index is 13.1. The summed E-state index contributed by atoms with van der Waals surface area (Å²) in [6, 6.07) is 0. The Bertz CT molecular complexity index is 2000. The molecule has 0 aromatic rings. The first kappa shape index (κ1) is 95.3. The third kappa shape index (κ3) is 71.7. The molecule has 0 saturated carbocycles. The van der Waals surface area contributed by atoms with Crippen LogP contribution >= 0.6 is 15.6 Å². The molecule has 0 radical (unpaired) electrons. The molecule has 3 N–H and O–H groups in total. The molecule has 0 fully saturated rings. The van der Waals surface area contributed by atoms with Crippen molar-refractivity contribution < 1.29 is 80.2 Å². The number of hydrogen-bond acceptors (Lipinski definition) is 15. The van der Waals surface area contributed by atoms with Crippen LogP contribution < -0.4 is 0 Å². The third-order valence-corrected chi connectivity index (χ3v) is 19.5. The minimum atomic E-state index is -4.97. The number of ether oxygens (including phenoxy) is 4. The van der Waals surface area contributed by atoms with Crippen molar-refractivity contribution in [2.24, 2.45) is 0 Å². The molecule has 576 valence electrons. The zero-order valence-electron chi connectivity index (χ0n) is 63.0. The SMILES string of the molecule is CCCCCC/C=C\CCCCCCCC(=O)OC(COC(=O)CCCCCCC/C=C\CCCCCCCC)COP(=O)(O)OCC(O)COP(=O)(O)OCC(COC(=O)CCCCCCC/C=C\CCCCCCCC)OC(=O)CCCCCCCCCCCCCCCCC. The van der Waals surface area contributed by atoms with Crippen molar-refractivity contribution in [3.63, 3.8) is 0 Å². The van der Waals surface area contributed by atoms with Gasteiger partial charge in [0, 0.05) is 25.7 Å². The van der Waals surface area contributed by atoms with E-state index in [1.165, 1.54) is 167 Å². The summed E-state index contributed by atoms with van der Waals surface area (Å²) in [5, 5.41) is 10.6. The Morgan fingerprint density at radius 3 is 0.714 bits per heavy atom. The Morgan fingerprint density at radius 2 is 0.469 bits per heavy atom. The number of unbranched alkanes of at least 4 members (excludes halogenated alkanes) is 45. The van der Waals surface area contributed by atoms with E-state index >= 15 is 0 Å². The fourth-order valence-electron chi connectivity index (χ4n) is 11.4. The molecule has 0 saturated heterocycles. The van der Waals surface area contributed by atoms with Crippen molar-refractivity contribution in [3.8, 4) is 0 Å². The fraction of sp³-hybridized carbons (Fsp3) is 0.873. The number of phosphoric acid groups is 2. The van der Waals surface area contributed by atoms with Crippen LogP contribution in [0.3, 0.4) is 0 Å². The summed E-state index contributed by atoms with van der Waals surface area (Å²) in [5.74, 6) is -2.16. The molecule has 0 bridgehead atoms. The largest absolute Gasteiger partial charge is 0.472 e. The quantitative estimate of drug-likeness (QED) is 0.0169. The number of esters is 4. The van der Waals surface area contributed by atoms with Gasteiger partial charge in [0.25, 0.3) is 0 Å². The molecular formula is C79H148O17P2. The van der Waals surface area contributed by atoms with Gasteiger partial charge < -0.3 is 33.8 Å². The minimum absolute atomic E-state index is 0.0893. The number of phosphoric ester groups is 2. The number of carbonyl (C=O) groups is 4. The zero-order valence-corrected chi connectivity index (χ0v) is 64.8. The maximum absolute atomic E-state index is 13.1. The molecule has 5 unspecified atom stereocenters. The van der Waals surface area contributed by atoms with Crippen LogP contribution in [0.2, 0.25) is 0 Å². The highest BCUT2D eigenvalue weighted by atomic mass is 31.2. The molecule has 19 heteroatoms. The number of aliphatic hydroxyl groups is 1. The third-order valence-electron chi connectivity index (χ3n) is 17.6. The second-order valence-corrected chi connectivity index (χ2v) is 30.3. The second-order valence-electron chi connectivity index (χ2n) is 27.4. The molecule has 0 aliphatic carbocycles. The van der Waals surface area contributed by atoms with Crippen molar-refractivity contribution in [1.29, 1.82) is 0 Å². The Balaban J connectivity index is 5.31. The second kappa shape index (κ2) is 72.6. The van der Waals surface area contributed by atoms with Gasteiger partial charge in [-0.05, 0) is 103 Å². The lowest BCUT2D eigenvalue weighted by Gasteiger charge is -2.21. The predicted octanol–water partition coefficient (Wildman–Crippen LogP) is 23.1. The van der Waals surface area contributed by atoms with Crippen LogP contribution in [0.1, 0.15) is 387 Å². The zero-order chi connectivity index (χ0) is 71.8. The van der Waals surface area contributed by atoms with E-state index in [0.717, 1.165) is 141 Å². The van der Waals surface area contributed by atoms with Gasteiger partial charge in [-0.3, -0.25) is 37.3 Å². The molecule has 0 aromatic carbocycles. The molecule has 0 aliphatic heterocycles. The first-order chi connectivity index (χ1) is 47.7. The number of allylic oxidation sites excluding steroid dienone is 6. The van der Waals surface area contributed by atoms with Gasteiger partial charge in [0.05, 0.1) is 26.4 Å². The van der Waals surface area contributed by atoms with E-state index in [4.69, 9.17) is 37.0 Å². The molecule has 0 rings (SSSR count). The lowest BCUT2D eigenvalue weighted by Crippen LogP contribution is -2.30. The number of hydrogen-bond donors (Lipinski definition) is 3. The Kier molecular flexibility index (Phi) is 70.6. The summed E-state index contributed by atoms with van der Waals surface area (Å²) in [4.78, 5) is 72.9. The lowest BCUT2D eigenvalue weighted by molar-refractivity contribution is -0.161. The van der Waals surface area contributed by atoms with E-state index in [0.29, 0.717) is 25.7 Å². The van der Waals surface area contributed by atoms with Crippen molar-refractivity contribution in [1.82, 2.24) is 0 Å². The standard InChI is InChI=1S/C79H148O17P2/c1-5-9-13-17-21-25-29-33-36-40-43-47-51-55-59-63-76(81)89-69-74(95-78(83)65-61-57-53-49-45-39-32-28-24-20-16-12-8-4)71-93-97(85,86)91-67-73(80)68-92-98(87,88)94-72-75(96-79(84)66-62-58-54-50-46-42-38-35-31-27-23-19-15-11-7-3)70-90-77(82)64-60-56-52-48-44-41-37-34-30-26-22-18-14-10-6-2/h28,32-34,36-37,73-75,80H,5-27,29-31,35,38-72H2,1-4H3,(H,85,86)(H,87,88)/b32-28-,36-33-,37-34-. The smallest absolute Gasteiger partial charge is 0.462 e. The number of carbonyl (C=O) groups excluding carboxylic acids is 4. The van der Waals surface area contributed by atoms with Crippen molar-refractivity contribution in [3.05, 3.63) is 36.5 Å². The topological polar surface area (TPSA) is 237 Å². The van der Waals surface area contributed by atoms with E-state index < -0.39 is 97.5 Å². The summed E-state index contributed by atoms with van der Waals surface area (Å²) in [6.45, 7) is 4.91. The summed E-state index contributed by atoms with van der Waals surface area (Å²) in [7, 11) is -9.93. The van der Waals surface area contributed by atoms with Crippen LogP contribution in [0, 0.1) is 0 Å². The predicted molar refractivity (Wildman–Crippen MR) is 400 cm³/mol. The van der Waals surface area contributed by atoms with E-state index in [9.17, 15) is 43.2 Å². The minimum Gasteiger partial charge on any atom is -0.462 e. The highest BCUT2D eigenvalue weighted by Gasteiger charge is 2.30.